The Balaban J connectivity index is 3.56. The highest BCUT2D eigenvalue weighted by atomic mass is 31.2. The third-order valence-corrected chi connectivity index (χ3v) is 6.07. The Kier molecular flexibility index (Phi) is 22.1. The Bertz CT molecular complexity index is 557. The number of unbranched alkanes of at least 4 members (excludes halogenated alkanes) is 11. The van der Waals surface area contributed by atoms with E-state index in [1.54, 1.807) is 0 Å². The molecule has 2 unspecified atom stereocenters. The van der Waals surface area contributed by atoms with Crippen LogP contribution >= 0.6 is 7.82 Å². The summed E-state index contributed by atoms with van der Waals surface area (Å²) in [6.45, 7) is -0.105. The SMILES string of the molecule is CCCCCCCC/C=C\CCCCCCCC(=O)OC[C@@H](O)COP(=O)([O-])OCC(O)CO. The minimum absolute atomic E-state index is 0.244. The standard InChI is InChI=1S/C24H47O9P/c1-2-3-4-5-6-7-8-9-10-11-12-13-14-15-16-17-24(28)31-19-23(27)21-33-34(29,30)32-20-22(26)18-25/h9-10,22-23,25-27H,2-8,11-21H2,1H3,(H,29,30)/p-1/b10-9-/t22?,23-/m1/s1. The molecule has 34 heavy (non-hydrogen) atoms. The summed E-state index contributed by atoms with van der Waals surface area (Å²) in [5, 5.41) is 27.3. The van der Waals surface area contributed by atoms with Gasteiger partial charge in [0.1, 0.15) is 18.8 Å². The molecule has 202 valence electrons. The summed E-state index contributed by atoms with van der Waals surface area (Å²) in [5.74, 6) is -0.454. The minimum atomic E-state index is -4.73. The maximum atomic E-state index is 11.7. The molecule has 0 saturated carbocycles. The Labute approximate surface area is 205 Å². The number of hydrogen-bond donors (Lipinski definition) is 3. The average Bonchev–Trinajstić information content (AvgIpc) is 2.82. The summed E-state index contributed by atoms with van der Waals surface area (Å²) < 4.78 is 25.1. The molecule has 3 atom stereocenters. The van der Waals surface area contributed by atoms with Crippen molar-refractivity contribution in [3.63, 3.8) is 0 Å². The van der Waals surface area contributed by atoms with Crippen LogP contribution in [0.3, 0.4) is 0 Å². The van der Waals surface area contributed by atoms with Crippen molar-refractivity contribution in [2.75, 3.05) is 26.4 Å². The van der Waals surface area contributed by atoms with E-state index in [-0.39, 0.29) is 13.0 Å². The van der Waals surface area contributed by atoms with Gasteiger partial charge in [-0.25, -0.2) is 0 Å². The number of ether oxygens (including phenoxy) is 1. The first kappa shape index (κ1) is 33.2. The second kappa shape index (κ2) is 22.7. The van der Waals surface area contributed by atoms with Gasteiger partial charge in [0.25, 0.3) is 7.82 Å². The third-order valence-electron chi connectivity index (χ3n) is 5.14. The quantitative estimate of drug-likeness (QED) is 0.0765. The van der Waals surface area contributed by atoms with E-state index in [1.807, 2.05) is 0 Å². The highest BCUT2D eigenvalue weighted by Crippen LogP contribution is 2.38. The van der Waals surface area contributed by atoms with E-state index >= 15 is 0 Å². The zero-order chi connectivity index (χ0) is 25.5. The van der Waals surface area contributed by atoms with Crippen molar-refractivity contribution in [3.8, 4) is 0 Å². The van der Waals surface area contributed by atoms with Crippen LogP contribution in [0.1, 0.15) is 96.8 Å². The van der Waals surface area contributed by atoms with Gasteiger partial charge in [0.15, 0.2) is 0 Å². The van der Waals surface area contributed by atoms with Crippen LogP contribution in [0.2, 0.25) is 0 Å². The van der Waals surface area contributed by atoms with Crippen LogP contribution in [0.25, 0.3) is 0 Å². The molecule has 0 aromatic rings. The molecule has 0 aromatic carbocycles. The van der Waals surface area contributed by atoms with Crippen LogP contribution in [0.15, 0.2) is 12.2 Å². The molecule has 0 rings (SSSR count). The van der Waals surface area contributed by atoms with Gasteiger partial charge in [-0.15, -0.1) is 0 Å². The van der Waals surface area contributed by atoms with Crippen LogP contribution < -0.4 is 4.89 Å². The lowest BCUT2D eigenvalue weighted by atomic mass is 10.1. The van der Waals surface area contributed by atoms with Crippen molar-refractivity contribution >= 4 is 13.8 Å². The van der Waals surface area contributed by atoms with Gasteiger partial charge in [-0.05, 0) is 32.1 Å². The molecular formula is C24H46O9P-. The summed E-state index contributed by atoms with van der Waals surface area (Å²) in [6, 6.07) is 0. The lowest BCUT2D eigenvalue weighted by Gasteiger charge is -2.24. The maximum Gasteiger partial charge on any atom is 0.305 e. The first-order valence-corrected chi connectivity index (χ1v) is 14.1. The van der Waals surface area contributed by atoms with Gasteiger partial charge < -0.3 is 34.0 Å². The number of allylic oxidation sites excluding steroid dienone is 2. The second-order valence-electron chi connectivity index (χ2n) is 8.55. The fourth-order valence-corrected chi connectivity index (χ4v) is 3.88. The van der Waals surface area contributed by atoms with Gasteiger partial charge in [-0.1, -0.05) is 70.4 Å². The predicted octanol–water partition coefficient (Wildman–Crippen LogP) is 3.78. The summed E-state index contributed by atoms with van der Waals surface area (Å²) in [7, 11) is -4.73. The number of carbonyl (C=O) groups excluding carboxylic acids is 1. The lowest BCUT2D eigenvalue weighted by Crippen LogP contribution is -2.26. The van der Waals surface area contributed by atoms with Crippen LogP contribution in [-0.2, 0) is 23.1 Å². The van der Waals surface area contributed by atoms with Crippen LogP contribution in [0.5, 0.6) is 0 Å². The largest absolute Gasteiger partial charge is 0.756 e. The molecule has 0 aliphatic rings. The minimum Gasteiger partial charge on any atom is -0.756 e. The summed E-state index contributed by atoms with van der Waals surface area (Å²) in [5.41, 5.74) is 0. The van der Waals surface area contributed by atoms with Crippen molar-refractivity contribution in [2.24, 2.45) is 0 Å². The van der Waals surface area contributed by atoms with Gasteiger partial charge in [0.05, 0.1) is 19.8 Å². The molecule has 0 heterocycles. The number of phosphoric ester groups is 1. The molecule has 0 amide bonds. The number of hydrogen-bond acceptors (Lipinski definition) is 9. The van der Waals surface area contributed by atoms with Crippen molar-refractivity contribution in [1.82, 2.24) is 0 Å². The highest BCUT2D eigenvalue weighted by Gasteiger charge is 2.16. The average molecular weight is 510 g/mol. The van der Waals surface area contributed by atoms with Crippen LogP contribution in [-0.4, -0.2) is 59.9 Å². The summed E-state index contributed by atoms with van der Waals surface area (Å²) in [4.78, 5) is 23.1. The summed E-state index contributed by atoms with van der Waals surface area (Å²) >= 11 is 0. The molecule has 0 saturated heterocycles. The van der Waals surface area contributed by atoms with E-state index in [0.717, 1.165) is 32.1 Å². The number of phosphoric acid groups is 1. The number of carbonyl (C=O) groups is 1. The highest BCUT2D eigenvalue weighted by molar-refractivity contribution is 7.45. The monoisotopic (exact) mass is 509 g/mol. The lowest BCUT2D eigenvalue weighted by molar-refractivity contribution is -0.229. The molecule has 0 fully saturated rings. The normalized spacial score (nSPS) is 15.3. The van der Waals surface area contributed by atoms with Crippen molar-refractivity contribution < 1.29 is 43.4 Å². The van der Waals surface area contributed by atoms with E-state index in [0.29, 0.717) is 6.42 Å². The van der Waals surface area contributed by atoms with E-state index in [1.165, 1.54) is 44.9 Å². The predicted molar refractivity (Wildman–Crippen MR) is 129 cm³/mol. The smallest absolute Gasteiger partial charge is 0.305 e. The molecule has 0 radical (unpaired) electrons. The van der Waals surface area contributed by atoms with Crippen molar-refractivity contribution in [3.05, 3.63) is 12.2 Å². The van der Waals surface area contributed by atoms with E-state index < -0.39 is 45.8 Å². The van der Waals surface area contributed by atoms with E-state index in [9.17, 15) is 19.4 Å². The summed E-state index contributed by atoms with van der Waals surface area (Å²) in [6.07, 6.45) is 17.3. The molecule has 0 aromatic heterocycles. The Morgan fingerprint density at radius 3 is 1.88 bits per heavy atom. The van der Waals surface area contributed by atoms with Crippen molar-refractivity contribution in [1.29, 1.82) is 0 Å². The number of rotatable bonds is 24. The maximum absolute atomic E-state index is 11.7. The second-order valence-corrected chi connectivity index (χ2v) is 9.96. The number of esters is 1. The van der Waals surface area contributed by atoms with Gasteiger partial charge in [-0.2, -0.15) is 0 Å². The Morgan fingerprint density at radius 1 is 0.824 bits per heavy atom. The molecule has 3 N–H and O–H groups in total. The number of aliphatic hydroxyl groups is 3. The van der Waals surface area contributed by atoms with E-state index in [4.69, 9.17) is 14.9 Å². The molecule has 0 spiro atoms. The molecule has 0 aliphatic carbocycles. The fraction of sp³-hybridized carbons (Fsp3) is 0.875. The number of aliphatic hydroxyl groups excluding tert-OH is 3. The first-order chi connectivity index (χ1) is 16.3. The molecule has 0 bridgehead atoms. The van der Waals surface area contributed by atoms with Gasteiger partial charge in [-0.3, -0.25) is 9.36 Å². The van der Waals surface area contributed by atoms with Gasteiger partial charge in [0, 0.05) is 6.42 Å². The topological polar surface area (TPSA) is 146 Å². The zero-order valence-electron chi connectivity index (χ0n) is 20.8. The molecule has 0 aliphatic heterocycles. The first-order valence-electron chi connectivity index (χ1n) is 12.7. The fourth-order valence-electron chi connectivity index (χ4n) is 3.09. The van der Waals surface area contributed by atoms with E-state index in [2.05, 4.69) is 28.1 Å². The zero-order valence-corrected chi connectivity index (χ0v) is 21.7. The Morgan fingerprint density at radius 2 is 1.32 bits per heavy atom. The molecule has 10 heteroatoms. The third kappa shape index (κ3) is 23.0. The van der Waals surface area contributed by atoms with Crippen LogP contribution in [0, 0.1) is 0 Å². The molecular weight excluding hydrogens is 463 g/mol. The molecule has 9 nitrogen and oxygen atoms in total. The Hall–Kier alpha value is -0.800. The van der Waals surface area contributed by atoms with Crippen LogP contribution in [0.4, 0.5) is 0 Å². The van der Waals surface area contributed by atoms with Crippen molar-refractivity contribution in [2.45, 2.75) is 109 Å². The van der Waals surface area contributed by atoms with Gasteiger partial charge in [0.2, 0.25) is 0 Å². The van der Waals surface area contributed by atoms with Gasteiger partial charge >= 0.3 is 5.97 Å².